The summed E-state index contributed by atoms with van der Waals surface area (Å²) in [5, 5.41) is 9.14. The fraction of sp³-hybridized carbons (Fsp3) is 0.800. The van der Waals surface area contributed by atoms with E-state index in [2.05, 4.69) is 17.1 Å². The summed E-state index contributed by atoms with van der Waals surface area (Å²) in [4.78, 5) is 0. The summed E-state index contributed by atoms with van der Waals surface area (Å²) in [6, 6.07) is 0. The van der Waals surface area contributed by atoms with Crippen molar-refractivity contribution < 1.29 is 4.42 Å². The maximum atomic E-state index is 5.41. The lowest BCUT2D eigenvalue weighted by atomic mass is 9.91. The Morgan fingerprint density at radius 3 is 3.00 bits per heavy atom. The topological polar surface area (TPSA) is 64.9 Å². The zero-order valence-corrected chi connectivity index (χ0v) is 9.80. The maximum absolute atomic E-state index is 5.41. The van der Waals surface area contributed by atoms with Crippen molar-refractivity contribution in [1.29, 1.82) is 0 Å². The molecule has 2 rings (SSSR count). The Hall–Kier alpha value is -0.550. The first-order valence-corrected chi connectivity index (χ1v) is 6.35. The molecule has 0 bridgehead atoms. The molecule has 0 aliphatic heterocycles. The molecule has 0 spiro atoms. The number of nitrogens with two attached hydrogens (primary N) is 1. The Balaban J connectivity index is 1.90. The molecule has 5 heteroatoms. The van der Waals surface area contributed by atoms with Gasteiger partial charge in [0, 0.05) is 5.25 Å². The molecule has 0 amide bonds. The van der Waals surface area contributed by atoms with Crippen molar-refractivity contribution in [3.63, 3.8) is 0 Å². The number of hydrogen-bond donors (Lipinski definition) is 1. The smallest absolute Gasteiger partial charge is 0.276 e. The molecule has 1 saturated carbocycles. The quantitative estimate of drug-likeness (QED) is 0.857. The third-order valence-corrected chi connectivity index (χ3v) is 3.91. The maximum Gasteiger partial charge on any atom is 0.276 e. The minimum atomic E-state index is 0.328. The van der Waals surface area contributed by atoms with Gasteiger partial charge in [0.05, 0.1) is 6.54 Å². The van der Waals surface area contributed by atoms with Crippen LogP contribution in [0.25, 0.3) is 0 Å². The summed E-state index contributed by atoms with van der Waals surface area (Å²) < 4.78 is 5.39. The highest BCUT2D eigenvalue weighted by Gasteiger charge is 2.21. The monoisotopic (exact) mass is 227 g/mol. The Morgan fingerprint density at radius 2 is 2.33 bits per heavy atom. The van der Waals surface area contributed by atoms with E-state index in [0.29, 0.717) is 22.9 Å². The first kappa shape index (κ1) is 11.0. The minimum absolute atomic E-state index is 0.328. The van der Waals surface area contributed by atoms with Gasteiger partial charge in [-0.3, -0.25) is 0 Å². The normalized spacial score (nSPS) is 26.8. The summed E-state index contributed by atoms with van der Waals surface area (Å²) in [5.74, 6) is 1.36. The third-order valence-electron chi connectivity index (χ3n) is 2.78. The zero-order chi connectivity index (χ0) is 10.7. The molecule has 84 valence electrons. The first-order chi connectivity index (χ1) is 7.28. The highest BCUT2D eigenvalue weighted by atomic mass is 32.2. The van der Waals surface area contributed by atoms with Gasteiger partial charge in [0.25, 0.3) is 5.22 Å². The van der Waals surface area contributed by atoms with E-state index in [1.54, 1.807) is 11.8 Å². The van der Waals surface area contributed by atoms with Gasteiger partial charge in [-0.15, -0.1) is 10.2 Å². The van der Waals surface area contributed by atoms with Crippen LogP contribution < -0.4 is 5.73 Å². The van der Waals surface area contributed by atoms with Gasteiger partial charge < -0.3 is 10.2 Å². The van der Waals surface area contributed by atoms with E-state index in [-0.39, 0.29) is 0 Å². The molecule has 2 N–H and O–H groups in total. The highest BCUT2D eigenvalue weighted by Crippen LogP contribution is 2.35. The largest absolute Gasteiger partial charge is 0.415 e. The van der Waals surface area contributed by atoms with Crippen LogP contribution in [0.15, 0.2) is 9.64 Å². The van der Waals surface area contributed by atoms with E-state index in [1.807, 2.05) is 0 Å². The Kier molecular flexibility index (Phi) is 3.64. The second-order valence-corrected chi connectivity index (χ2v) is 5.43. The van der Waals surface area contributed by atoms with Gasteiger partial charge in [-0.05, 0) is 18.8 Å². The van der Waals surface area contributed by atoms with Crippen LogP contribution in [0.4, 0.5) is 0 Å². The highest BCUT2D eigenvalue weighted by molar-refractivity contribution is 7.99. The van der Waals surface area contributed by atoms with Crippen molar-refractivity contribution in [1.82, 2.24) is 10.2 Å². The van der Waals surface area contributed by atoms with Gasteiger partial charge >= 0.3 is 0 Å². The van der Waals surface area contributed by atoms with Crippen molar-refractivity contribution in [2.45, 2.75) is 49.6 Å². The molecule has 1 aromatic rings. The molecule has 15 heavy (non-hydrogen) atoms. The average Bonchev–Trinajstić information content (AvgIpc) is 2.65. The molecular formula is C10H17N3OS. The van der Waals surface area contributed by atoms with Crippen molar-refractivity contribution in [2.75, 3.05) is 0 Å². The summed E-state index contributed by atoms with van der Waals surface area (Å²) in [6.07, 6.45) is 5.19. The Bertz CT molecular complexity index is 315. The molecule has 2 unspecified atom stereocenters. The molecule has 0 saturated heterocycles. The van der Waals surface area contributed by atoms with E-state index >= 15 is 0 Å². The van der Waals surface area contributed by atoms with Gasteiger partial charge in [0.15, 0.2) is 0 Å². The number of nitrogens with zero attached hydrogens (tertiary/aromatic N) is 2. The summed E-state index contributed by atoms with van der Waals surface area (Å²) in [7, 11) is 0. The number of thioether (sulfide) groups is 1. The van der Waals surface area contributed by atoms with E-state index in [4.69, 9.17) is 10.2 Å². The van der Waals surface area contributed by atoms with E-state index < -0.39 is 0 Å². The van der Waals surface area contributed by atoms with Crippen molar-refractivity contribution >= 4 is 11.8 Å². The standard InChI is InChI=1S/C10H17N3OS/c1-7-3-2-4-8(5-7)15-10-13-12-9(6-11)14-10/h7-8H,2-6,11H2,1H3. The molecule has 0 radical (unpaired) electrons. The van der Waals surface area contributed by atoms with Crippen LogP contribution in [0.5, 0.6) is 0 Å². The average molecular weight is 227 g/mol. The molecular weight excluding hydrogens is 210 g/mol. The van der Waals surface area contributed by atoms with Crippen LogP contribution in [-0.4, -0.2) is 15.4 Å². The van der Waals surface area contributed by atoms with E-state index in [9.17, 15) is 0 Å². The van der Waals surface area contributed by atoms with Crippen LogP contribution >= 0.6 is 11.8 Å². The molecule has 1 aliphatic rings. The van der Waals surface area contributed by atoms with Crippen LogP contribution in [0.2, 0.25) is 0 Å². The Labute approximate surface area is 94.0 Å². The number of rotatable bonds is 3. The fourth-order valence-corrected chi connectivity index (χ4v) is 3.22. The van der Waals surface area contributed by atoms with Gasteiger partial charge in [-0.2, -0.15) is 0 Å². The van der Waals surface area contributed by atoms with Crippen molar-refractivity contribution in [2.24, 2.45) is 11.7 Å². The second-order valence-electron chi connectivity index (χ2n) is 4.18. The zero-order valence-electron chi connectivity index (χ0n) is 8.98. The van der Waals surface area contributed by atoms with E-state index in [0.717, 1.165) is 5.92 Å². The lowest BCUT2D eigenvalue weighted by Gasteiger charge is -2.24. The fourth-order valence-electron chi connectivity index (χ4n) is 2.00. The van der Waals surface area contributed by atoms with Crippen LogP contribution in [0.1, 0.15) is 38.5 Å². The molecule has 2 atom stereocenters. The van der Waals surface area contributed by atoms with Crippen LogP contribution in [0.3, 0.4) is 0 Å². The van der Waals surface area contributed by atoms with E-state index in [1.165, 1.54) is 25.7 Å². The van der Waals surface area contributed by atoms with Gasteiger partial charge in [0.2, 0.25) is 5.89 Å². The summed E-state index contributed by atoms with van der Waals surface area (Å²) >= 11 is 1.71. The predicted molar refractivity (Wildman–Crippen MR) is 59.5 cm³/mol. The van der Waals surface area contributed by atoms with Gasteiger partial charge in [-0.25, -0.2) is 0 Å². The minimum Gasteiger partial charge on any atom is -0.415 e. The number of hydrogen-bond acceptors (Lipinski definition) is 5. The lowest BCUT2D eigenvalue weighted by Crippen LogP contribution is -2.14. The molecule has 1 heterocycles. The summed E-state index contributed by atoms with van der Waals surface area (Å²) in [5.41, 5.74) is 5.41. The molecule has 1 aromatic heterocycles. The molecule has 1 fully saturated rings. The molecule has 4 nitrogen and oxygen atoms in total. The van der Waals surface area contributed by atoms with Gasteiger partial charge in [0.1, 0.15) is 0 Å². The predicted octanol–water partition coefficient (Wildman–Crippen LogP) is 2.20. The van der Waals surface area contributed by atoms with Gasteiger partial charge in [-0.1, -0.05) is 31.5 Å². The number of aromatic nitrogens is 2. The van der Waals surface area contributed by atoms with Crippen LogP contribution in [0, 0.1) is 5.92 Å². The Morgan fingerprint density at radius 1 is 1.47 bits per heavy atom. The molecule has 0 aromatic carbocycles. The lowest BCUT2D eigenvalue weighted by molar-refractivity contribution is 0.385. The van der Waals surface area contributed by atoms with Crippen molar-refractivity contribution in [3.8, 4) is 0 Å². The first-order valence-electron chi connectivity index (χ1n) is 5.47. The van der Waals surface area contributed by atoms with Crippen molar-refractivity contribution in [3.05, 3.63) is 5.89 Å². The SMILES string of the molecule is CC1CCCC(Sc2nnc(CN)o2)C1. The second kappa shape index (κ2) is 4.99. The van der Waals surface area contributed by atoms with Crippen LogP contribution in [-0.2, 0) is 6.54 Å². The summed E-state index contributed by atoms with van der Waals surface area (Å²) in [6.45, 7) is 2.64. The third kappa shape index (κ3) is 2.95. The molecule has 1 aliphatic carbocycles.